The number of carbonyl (C=O) groups is 2. The number of hydrogen-bond donors (Lipinski definition) is 1. The smallest absolute Gasteiger partial charge is 0.416 e. The zero-order chi connectivity index (χ0) is 19.3. The Morgan fingerprint density at radius 1 is 1.15 bits per heavy atom. The number of carbonyl (C=O) groups excluding carboxylic acids is 2. The van der Waals surface area contributed by atoms with Crippen molar-refractivity contribution >= 4 is 17.7 Å². The van der Waals surface area contributed by atoms with Crippen molar-refractivity contribution in [1.29, 1.82) is 0 Å². The van der Waals surface area contributed by atoms with E-state index < -0.39 is 17.8 Å². The van der Waals surface area contributed by atoms with Gasteiger partial charge in [0.1, 0.15) is 0 Å². The molecule has 9 heteroatoms. The monoisotopic (exact) mass is 373 g/mol. The second-order valence-electron chi connectivity index (χ2n) is 5.96. The molecule has 1 atom stereocenters. The van der Waals surface area contributed by atoms with Crippen LogP contribution in [0, 0.1) is 0 Å². The number of alkyl halides is 3. The van der Waals surface area contributed by atoms with Crippen LogP contribution in [0.15, 0.2) is 24.3 Å². The maximum Gasteiger partial charge on any atom is 0.416 e. The Morgan fingerprint density at radius 3 is 2.23 bits per heavy atom. The zero-order valence-corrected chi connectivity index (χ0v) is 14.7. The molecular weight excluding hydrogens is 351 g/mol. The second-order valence-corrected chi connectivity index (χ2v) is 5.96. The molecule has 0 saturated carbocycles. The molecule has 2 rings (SSSR count). The lowest BCUT2D eigenvalue weighted by atomic mass is 10.2. The van der Waals surface area contributed by atoms with E-state index in [-0.39, 0.29) is 12.0 Å². The first-order valence-corrected chi connectivity index (χ1v) is 8.36. The van der Waals surface area contributed by atoms with Gasteiger partial charge in [-0.1, -0.05) is 0 Å². The summed E-state index contributed by atoms with van der Waals surface area (Å²) in [7, 11) is 0. The molecule has 1 aliphatic heterocycles. The lowest BCUT2D eigenvalue weighted by Gasteiger charge is -2.36. The molecule has 2 amide bonds. The Bertz CT molecular complexity index is 626. The van der Waals surface area contributed by atoms with Crippen molar-refractivity contribution < 1.29 is 27.5 Å². The lowest BCUT2D eigenvalue weighted by molar-refractivity contribution is -0.137. The first kappa shape index (κ1) is 20.0. The van der Waals surface area contributed by atoms with Crippen LogP contribution >= 0.6 is 0 Å². The summed E-state index contributed by atoms with van der Waals surface area (Å²) in [6, 6.07) is 3.84. The summed E-state index contributed by atoms with van der Waals surface area (Å²) in [5.74, 6) is -0.311. The van der Waals surface area contributed by atoms with Crippen molar-refractivity contribution in [2.45, 2.75) is 26.1 Å². The van der Waals surface area contributed by atoms with Gasteiger partial charge in [-0.3, -0.25) is 9.69 Å². The van der Waals surface area contributed by atoms with Gasteiger partial charge >= 0.3 is 12.3 Å². The minimum atomic E-state index is -4.41. The molecule has 1 aromatic rings. The lowest BCUT2D eigenvalue weighted by Crippen LogP contribution is -2.54. The van der Waals surface area contributed by atoms with Crippen LogP contribution in [0.25, 0.3) is 0 Å². The summed E-state index contributed by atoms with van der Waals surface area (Å²) in [5, 5.41) is 2.62. The summed E-state index contributed by atoms with van der Waals surface area (Å²) >= 11 is 0. The normalized spacial score (nSPS) is 16.9. The predicted molar refractivity (Wildman–Crippen MR) is 89.7 cm³/mol. The minimum Gasteiger partial charge on any atom is -0.450 e. The fourth-order valence-electron chi connectivity index (χ4n) is 2.66. The van der Waals surface area contributed by atoms with E-state index in [0.717, 1.165) is 12.1 Å². The molecule has 0 radical (unpaired) electrons. The summed E-state index contributed by atoms with van der Waals surface area (Å²) in [6.07, 6.45) is -4.77. The topological polar surface area (TPSA) is 61.9 Å². The van der Waals surface area contributed by atoms with Crippen molar-refractivity contribution in [3.8, 4) is 0 Å². The first-order valence-electron chi connectivity index (χ1n) is 8.36. The number of nitrogens with zero attached hydrogens (tertiary/aromatic N) is 2. The average molecular weight is 373 g/mol. The third-order valence-electron chi connectivity index (χ3n) is 4.25. The number of benzene rings is 1. The largest absolute Gasteiger partial charge is 0.450 e. The zero-order valence-electron chi connectivity index (χ0n) is 14.7. The van der Waals surface area contributed by atoms with Crippen LogP contribution in [0.4, 0.5) is 23.7 Å². The van der Waals surface area contributed by atoms with E-state index in [1.54, 1.807) is 18.7 Å². The molecule has 1 aromatic carbocycles. The number of rotatable bonds is 4. The molecule has 0 unspecified atom stereocenters. The van der Waals surface area contributed by atoms with Gasteiger partial charge in [0.15, 0.2) is 0 Å². The maximum atomic E-state index is 12.6. The third-order valence-corrected chi connectivity index (χ3v) is 4.25. The van der Waals surface area contributed by atoms with E-state index >= 15 is 0 Å². The molecule has 1 heterocycles. The SMILES string of the molecule is CCOC(=O)N1CCN([C@@H](C)C(=O)Nc2ccc(C(F)(F)F)cc2)CC1. The molecule has 144 valence electrons. The summed E-state index contributed by atoms with van der Waals surface area (Å²) in [6.45, 7) is 5.71. The van der Waals surface area contributed by atoms with E-state index in [1.165, 1.54) is 12.1 Å². The highest BCUT2D eigenvalue weighted by Crippen LogP contribution is 2.29. The van der Waals surface area contributed by atoms with Gasteiger partial charge in [0.05, 0.1) is 18.2 Å². The summed E-state index contributed by atoms with van der Waals surface area (Å²) in [4.78, 5) is 27.5. The molecule has 0 aliphatic carbocycles. The van der Waals surface area contributed by atoms with Gasteiger partial charge in [-0.05, 0) is 38.1 Å². The van der Waals surface area contributed by atoms with E-state index in [4.69, 9.17) is 4.74 Å². The molecule has 1 fully saturated rings. The number of halogens is 3. The highest BCUT2D eigenvalue weighted by molar-refractivity contribution is 5.94. The van der Waals surface area contributed by atoms with Gasteiger partial charge in [0, 0.05) is 31.9 Å². The first-order chi connectivity index (χ1) is 12.2. The molecule has 1 saturated heterocycles. The Labute approximate surface area is 149 Å². The number of anilines is 1. The molecule has 26 heavy (non-hydrogen) atoms. The second kappa shape index (κ2) is 8.39. The molecule has 1 aliphatic rings. The fraction of sp³-hybridized carbons (Fsp3) is 0.529. The number of amides is 2. The van der Waals surface area contributed by atoms with E-state index in [1.807, 2.05) is 4.90 Å². The van der Waals surface area contributed by atoms with Gasteiger partial charge in [-0.25, -0.2) is 4.79 Å². The molecular formula is C17H22F3N3O3. The van der Waals surface area contributed by atoms with Gasteiger partial charge in [0.2, 0.25) is 5.91 Å². The summed E-state index contributed by atoms with van der Waals surface area (Å²) in [5.41, 5.74) is -0.460. The number of piperazine rings is 1. The third kappa shape index (κ3) is 5.10. The van der Waals surface area contributed by atoms with Gasteiger partial charge < -0.3 is 15.0 Å². The quantitative estimate of drug-likeness (QED) is 0.882. The number of nitrogens with one attached hydrogen (secondary N) is 1. The van der Waals surface area contributed by atoms with Crippen molar-refractivity contribution in [3.63, 3.8) is 0 Å². The molecule has 6 nitrogen and oxygen atoms in total. The van der Waals surface area contributed by atoms with Crippen LogP contribution in [0.3, 0.4) is 0 Å². The average Bonchev–Trinajstić information content (AvgIpc) is 2.61. The summed E-state index contributed by atoms with van der Waals surface area (Å²) < 4.78 is 42.6. The van der Waals surface area contributed by atoms with E-state index in [0.29, 0.717) is 38.5 Å². The van der Waals surface area contributed by atoms with Crippen molar-refractivity contribution in [3.05, 3.63) is 29.8 Å². The Kier molecular flexibility index (Phi) is 6.47. The fourth-order valence-corrected chi connectivity index (χ4v) is 2.66. The number of ether oxygens (including phenoxy) is 1. The number of hydrogen-bond acceptors (Lipinski definition) is 4. The van der Waals surface area contributed by atoms with Gasteiger partial charge in [0.25, 0.3) is 0 Å². The van der Waals surface area contributed by atoms with E-state index in [2.05, 4.69) is 5.32 Å². The van der Waals surface area contributed by atoms with Gasteiger partial charge in [-0.2, -0.15) is 13.2 Å². The maximum absolute atomic E-state index is 12.6. The van der Waals surface area contributed by atoms with Gasteiger partial charge in [-0.15, -0.1) is 0 Å². The van der Waals surface area contributed by atoms with Crippen molar-refractivity contribution in [1.82, 2.24) is 9.80 Å². The highest BCUT2D eigenvalue weighted by atomic mass is 19.4. The van der Waals surface area contributed by atoms with Crippen LogP contribution in [-0.2, 0) is 15.7 Å². The molecule has 1 N–H and O–H groups in total. The van der Waals surface area contributed by atoms with Crippen LogP contribution in [0.5, 0.6) is 0 Å². The van der Waals surface area contributed by atoms with E-state index in [9.17, 15) is 22.8 Å². The highest BCUT2D eigenvalue weighted by Gasteiger charge is 2.30. The van der Waals surface area contributed by atoms with Crippen molar-refractivity contribution in [2.75, 3.05) is 38.1 Å². The van der Waals surface area contributed by atoms with Crippen molar-refractivity contribution in [2.24, 2.45) is 0 Å². The standard InChI is InChI=1S/C17H22F3N3O3/c1-3-26-16(25)23-10-8-22(9-11-23)12(2)15(24)21-14-6-4-13(5-7-14)17(18,19)20/h4-7,12H,3,8-11H2,1-2H3,(H,21,24)/t12-/m0/s1. The predicted octanol–water partition coefficient (Wildman–Crippen LogP) is 2.81. The molecule has 0 bridgehead atoms. The van der Waals surface area contributed by atoms with Crippen LogP contribution in [0.2, 0.25) is 0 Å². The Balaban J connectivity index is 1.87. The Morgan fingerprint density at radius 2 is 1.73 bits per heavy atom. The molecule has 0 spiro atoms. The minimum absolute atomic E-state index is 0.306. The Hall–Kier alpha value is -2.29. The molecule has 0 aromatic heterocycles. The van der Waals surface area contributed by atoms with Crippen LogP contribution < -0.4 is 5.32 Å². The van der Waals surface area contributed by atoms with Crippen LogP contribution in [-0.4, -0.2) is 60.6 Å². The van der Waals surface area contributed by atoms with Crippen LogP contribution in [0.1, 0.15) is 19.4 Å².